The highest BCUT2D eigenvalue weighted by Gasteiger charge is 2.20. The van der Waals surface area contributed by atoms with Gasteiger partial charge < -0.3 is 15.1 Å². The summed E-state index contributed by atoms with van der Waals surface area (Å²) in [5.74, 6) is 2.53. The van der Waals surface area contributed by atoms with Crippen LogP contribution in [0.4, 0.5) is 23.3 Å². The molecule has 3 heterocycles. The first-order valence-corrected chi connectivity index (χ1v) is 9.13. The maximum absolute atomic E-state index is 4.47. The fourth-order valence-electron chi connectivity index (χ4n) is 3.20. The van der Waals surface area contributed by atoms with Crippen molar-refractivity contribution in [3.05, 3.63) is 60.2 Å². The van der Waals surface area contributed by atoms with Gasteiger partial charge in [0.2, 0.25) is 5.95 Å². The van der Waals surface area contributed by atoms with Crippen molar-refractivity contribution >= 4 is 23.3 Å². The molecule has 7 heteroatoms. The maximum atomic E-state index is 4.47. The predicted molar refractivity (Wildman–Crippen MR) is 108 cm³/mol. The van der Waals surface area contributed by atoms with Crippen LogP contribution < -0.4 is 15.1 Å². The molecule has 0 radical (unpaired) electrons. The molecule has 0 spiro atoms. The Morgan fingerprint density at radius 1 is 0.852 bits per heavy atom. The molecule has 1 aliphatic rings. The van der Waals surface area contributed by atoms with Gasteiger partial charge in [-0.3, -0.25) is 0 Å². The topological polar surface area (TPSA) is 70.1 Å². The Balaban J connectivity index is 1.45. The summed E-state index contributed by atoms with van der Waals surface area (Å²) < 4.78 is 0. The van der Waals surface area contributed by atoms with Gasteiger partial charge in [-0.25, -0.2) is 19.9 Å². The van der Waals surface area contributed by atoms with E-state index < -0.39 is 0 Å². The lowest BCUT2D eigenvalue weighted by Crippen LogP contribution is -2.47. The van der Waals surface area contributed by atoms with Crippen molar-refractivity contribution in [3.8, 4) is 0 Å². The zero-order valence-electron chi connectivity index (χ0n) is 15.6. The van der Waals surface area contributed by atoms with Crippen molar-refractivity contribution in [2.24, 2.45) is 0 Å². The molecular weight excluding hydrogens is 338 g/mol. The summed E-state index contributed by atoms with van der Waals surface area (Å²) in [6.45, 7) is 7.71. The molecule has 2 aromatic heterocycles. The van der Waals surface area contributed by atoms with Gasteiger partial charge >= 0.3 is 0 Å². The molecule has 7 nitrogen and oxygen atoms in total. The molecule has 0 atom stereocenters. The summed E-state index contributed by atoms with van der Waals surface area (Å²) in [4.78, 5) is 22.0. The smallest absolute Gasteiger partial charge is 0.225 e. The SMILES string of the molecule is Cc1cccc(Nc2cc(N3CCN(c4ncccn4)CC3)ncn2)c1C. The quantitative estimate of drug-likeness (QED) is 0.766. The third-order valence-corrected chi connectivity index (χ3v) is 4.96. The molecule has 1 aromatic carbocycles. The number of aryl methyl sites for hydroxylation is 1. The first-order valence-electron chi connectivity index (χ1n) is 9.13. The van der Waals surface area contributed by atoms with Crippen LogP contribution in [0.15, 0.2) is 49.1 Å². The zero-order valence-corrected chi connectivity index (χ0v) is 15.6. The number of nitrogens with one attached hydrogen (secondary N) is 1. The lowest BCUT2D eigenvalue weighted by molar-refractivity contribution is 0.634. The molecule has 0 bridgehead atoms. The Kier molecular flexibility index (Phi) is 4.82. The zero-order chi connectivity index (χ0) is 18.6. The molecule has 1 N–H and O–H groups in total. The lowest BCUT2D eigenvalue weighted by atomic mass is 10.1. The molecule has 1 saturated heterocycles. The van der Waals surface area contributed by atoms with Gasteiger partial charge in [0, 0.05) is 50.3 Å². The number of piperazine rings is 1. The van der Waals surface area contributed by atoms with Gasteiger partial charge in [-0.05, 0) is 37.1 Å². The highest BCUT2D eigenvalue weighted by atomic mass is 15.3. The largest absolute Gasteiger partial charge is 0.353 e. The molecule has 3 aromatic rings. The van der Waals surface area contributed by atoms with Crippen molar-refractivity contribution in [3.63, 3.8) is 0 Å². The summed E-state index contributed by atoms with van der Waals surface area (Å²) in [6, 6.07) is 10.1. The third-order valence-electron chi connectivity index (χ3n) is 4.96. The molecule has 1 aliphatic heterocycles. The third kappa shape index (κ3) is 3.81. The fourth-order valence-corrected chi connectivity index (χ4v) is 3.20. The molecule has 138 valence electrons. The van der Waals surface area contributed by atoms with E-state index in [1.165, 1.54) is 11.1 Å². The van der Waals surface area contributed by atoms with Crippen LogP contribution in [-0.2, 0) is 0 Å². The second-order valence-corrected chi connectivity index (χ2v) is 6.66. The van der Waals surface area contributed by atoms with Crippen LogP contribution in [0.2, 0.25) is 0 Å². The Labute approximate surface area is 159 Å². The summed E-state index contributed by atoms with van der Waals surface area (Å²) >= 11 is 0. The lowest BCUT2D eigenvalue weighted by Gasteiger charge is -2.35. The number of anilines is 4. The van der Waals surface area contributed by atoms with Crippen LogP contribution in [0.3, 0.4) is 0 Å². The van der Waals surface area contributed by atoms with Gasteiger partial charge in [0.05, 0.1) is 0 Å². The van der Waals surface area contributed by atoms with E-state index >= 15 is 0 Å². The fraction of sp³-hybridized carbons (Fsp3) is 0.300. The molecule has 4 rings (SSSR count). The van der Waals surface area contributed by atoms with Gasteiger partial charge in [-0.2, -0.15) is 0 Å². The van der Waals surface area contributed by atoms with Gasteiger partial charge in [-0.1, -0.05) is 12.1 Å². The van der Waals surface area contributed by atoms with Crippen molar-refractivity contribution in [1.82, 2.24) is 19.9 Å². The number of aromatic nitrogens is 4. The number of hydrogen-bond donors (Lipinski definition) is 1. The number of hydrogen-bond acceptors (Lipinski definition) is 7. The number of nitrogens with zero attached hydrogens (tertiary/aromatic N) is 6. The van der Waals surface area contributed by atoms with Crippen molar-refractivity contribution < 1.29 is 0 Å². The molecular formula is C20H23N7. The van der Waals surface area contributed by atoms with Crippen LogP contribution in [0.25, 0.3) is 0 Å². The Hall–Kier alpha value is -3.22. The van der Waals surface area contributed by atoms with Gasteiger partial charge in [0.1, 0.15) is 18.0 Å². The minimum absolute atomic E-state index is 0.789. The molecule has 0 saturated carbocycles. The Morgan fingerprint density at radius 3 is 2.37 bits per heavy atom. The highest BCUT2D eigenvalue weighted by molar-refractivity contribution is 5.63. The van der Waals surface area contributed by atoms with E-state index in [-0.39, 0.29) is 0 Å². The molecule has 27 heavy (non-hydrogen) atoms. The molecule has 1 fully saturated rings. The van der Waals surface area contributed by atoms with E-state index in [0.29, 0.717) is 0 Å². The average Bonchev–Trinajstić information content (AvgIpc) is 2.72. The van der Waals surface area contributed by atoms with Crippen molar-refractivity contribution in [1.29, 1.82) is 0 Å². The number of rotatable bonds is 4. The van der Waals surface area contributed by atoms with Gasteiger partial charge in [0.25, 0.3) is 0 Å². The van der Waals surface area contributed by atoms with Crippen LogP contribution in [0.1, 0.15) is 11.1 Å². The number of benzene rings is 1. The summed E-state index contributed by atoms with van der Waals surface area (Å²) in [5, 5.41) is 3.42. The normalized spacial score (nSPS) is 14.3. The summed E-state index contributed by atoms with van der Waals surface area (Å²) in [7, 11) is 0. The maximum Gasteiger partial charge on any atom is 0.225 e. The van der Waals surface area contributed by atoms with E-state index in [1.54, 1.807) is 18.7 Å². The Morgan fingerprint density at radius 2 is 1.59 bits per heavy atom. The Bertz CT molecular complexity index is 905. The second kappa shape index (κ2) is 7.57. The molecule has 0 aliphatic carbocycles. The van der Waals surface area contributed by atoms with E-state index in [4.69, 9.17) is 0 Å². The van der Waals surface area contributed by atoms with Gasteiger partial charge in [0.15, 0.2) is 0 Å². The van der Waals surface area contributed by atoms with E-state index in [0.717, 1.165) is 49.5 Å². The van der Waals surface area contributed by atoms with E-state index in [2.05, 4.69) is 67.1 Å². The van der Waals surface area contributed by atoms with Crippen LogP contribution in [-0.4, -0.2) is 46.1 Å². The van der Waals surface area contributed by atoms with Crippen LogP contribution in [0, 0.1) is 13.8 Å². The van der Waals surface area contributed by atoms with E-state index in [1.807, 2.05) is 12.1 Å². The van der Waals surface area contributed by atoms with E-state index in [9.17, 15) is 0 Å². The highest BCUT2D eigenvalue weighted by Crippen LogP contribution is 2.24. The summed E-state index contributed by atoms with van der Waals surface area (Å²) in [5.41, 5.74) is 3.56. The molecule has 0 amide bonds. The first-order chi connectivity index (χ1) is 13.2. The minimum Gasteiger partial charge on any atom is -0.353 e. The predicted octanol–water partition coefficient (Wildman–Crippen LogP) is 2.95. The summed E-state index contributed by atoms with van der Waals surface area (Å²) in [6.07, 6.45) is 5.18. The standard InChI is InChI=1S/C20H23N7/c1-15-5-3-6-17(16(15)2)25-18-13-19(24-14-23-18)26-9-11-27(12-10-26)20-21-7-4-8-22-20/h3-8,13-14H,9-12H2,1-2H3,(H,23,24,25). The van der Waals surface area contributed by atoms with Crippen molar-refractivity contribution in [2.75, 3.05) is 41.3 Å². The van der Waals surface area contributed by atoms with Gasteiger partial charge in [-0.15, -0.1) is 0 Å². The monoisotopic (exact) mass is 361 g/mol. The molecule has 0 unspecified atom stereocenters. The first kappa shape index (κ1) is 17.2. The second-order valence-electron chi connectivity index (χ2n) is 6.66. The minimum atomic E-state index is 0.789. The van der Waals surface area contributed by atoms with Crippen LogP contribution in [0.5, 0.6) is 0 Å². The van der Waals surface area contributed by atoms with Crippen molar-refractivity contribution in [2.45, 2.75) is 13.8 Å². The van der Waals surface area contributed by atoms with Crippen LogP contribution >= 0.6 is 0 Å². The average molecular weight is 361 g/mol.